The molecule has 8 heteroatoms. The molecule has 0 saturated carbocycles. The predicted molar refractivity (Wildman–Crippen MR) is 81.4 cm³/mol. The minimum atomic E-state index is -3.41. The predicted octanol–water partition coefficient (Wildman–Crippen LogP) is 1.22. The van der Waals surface area contributed by atoms with Gasteiger partial charge in [-0.15, -0.1) is 0 Å². The molecular formula is C14H21N3O4S. The number of hydroxylamine groups is 1. The van der Waals surface area contributed by atoms with Crippen molar-refractivity contribution in [3.05, 3.63) is 29.8 Å². The average molecular weight is 327 g/mol. The first-order chi connectivity index (χ1) is 10.5. The molecule has 1 aliphatic heterocycles. The molecule has 1 aromatic rings. The molecule has 2 rings (SSSR count). The van der Waals surface area contributed by atoms with Crippen LogP contribution >= 0.6 is 0 Å². The minimum absolute atomic E-state index is 0.291. The van der Waals surface area contributed by atoms with Crippen molar-refractivity contribution >= 4 is 16.1 Å². The quantitative estimate of drug-likeness (QED) is 0.796. The second kappa shape index (κ2) is 7.57. The Bertz CT molecular complexity index is 595. The maximum absolute atomic E-state index is 12.5. The molecular weight excluding hydrogens is 306 g/mol. The van der Waals surface area contributed by atoms with Gasteiger partial charge in [0.1, 0.15) is 0 Å². The maximum atomic E-state index is 12.5. The molecule has 2 amide bonds. The van der Waals surface area contributed by atoms with Crippen LogP contribution in [0.3, 0.4) is 0 Å². The summed E-state index contributed by atoms with van der Waals surface area (Å²) in [6, 6.07) is 6.10. The molecule has 0 aliphatic carbocycles. The maximum Gasteiger partial charge on any atom is 0.338 e. The number of amides is 2. The fraction of sp³-hybridized carbons (Fsp3) is 0.500. The Kier molecular flexibility index (Phi) is 5.76. The van der Waals surface area contributed by atoms with Crippen LogP contribution in [0.5, 0.6) is 0 Å². The molecule has 7 nitrogen and oxygen atoms in total. The van der Waals surface area contributed by atoms with Crippen molar-refractivity contribution in [2.45, 2.75) is 30.7 Å². The minimum Gasteiger partial charge on any atom is -0.332 e. The molecule has 1 aromatic carbocycles. The van der Waals surface area contributed by atoms with Gasteiger partial charge < -0.3 is 5.32 Å². The second-order valence-electron chi connectivity index (χ2n) is 5.10. The summed E-state index contributed by atoms with van der Waals surface area (Å²) in [5.74, 6) is 0. The molecule has 1 fully saturated rings. The molecule has 1 heterocycles. The molecule has 1 saturated heterocycles. The highest BCUT2D eigenvalue weighted by Crippen LogP contribution is 2.20. The number of benzene rings is 1. The summed E-state index contributed by atoms with van der Waals surface area (Å²) in [6.45, 7) is 1.46. The average Bonchev–Trinajstić information content (AvgIpc) is 2.54. The number of sulfonamides is 1. The van der Waals surface area contributed by atoms with Crippen LogP contribution in [0.15, 0.2) is 29.2 Å². The van der Waals surface area contributed by atoms with E-state index >= 15 is 0 Å². The molecule has 0 atom stereocenters. The number of nitrogens with zero attached hydrogens (tertiary/aromatic N) is 1. The Balaban J connectivity index is 2.00. The zero-order chi connectivity index (χ0) is 16.0. The van der Waals surface area contributed by atoms with Crippen molar-refractivity contribution in [1.82, 2.24) is 15.1 Å². The van der Waals surface area contributed by atoms with Crippen molar-refractivity contribution in [2.75, 3.05) is 20.2 Å². The number of rotatable bonds is 5. The van der Waals surface area contributed by atoms with E-state index in [2.05, 4.69) is 15.6 Å². The molecule has 2 N–H and O–H groups in total. The van der Waals surface area contributed by atoms with Gasteiger partial charge in [0, 0.05) is 19.6 Å². The molecule has 122 valence electrons. The van der Waals surface area contributed by atoms with Gasteiger partial charge in [0.25, 0.3) is 0 Å². The highest BCUT2D eigenvalue weighted by atomic mass is 32.2. The summed E-state index contributed by atoms with van der Waals surface area (Å²) in [5, 5.41) is 2.59. The third-order valence-corrected chi connectivity index (χ3v) is 5.44. The Morgan fingerprint density at radius 3 is 2.41 bits per heavy atom. The molecule has 22 heavy (non-hydrogen) atoms. The van der Waals surface area contributed by atoms with Crippen LogP contribution in [-0.4, -0.2) is 39.0 Å². The van der Waals surface area contributed by atoms with Gasteiger partial charge in [-0.05, 0) is 30.5 Å². The van der Waals surface area contributed by atoms with Crippen molar-refractivity contribution in [3.63, 3.8) is 0 Å². The van der Waals surface area contributed by atoms with Crippen molar-refractivity contribution in [1.29, 1.82) is 0 Å². The van der Waals surface area contributed by atoms with E-state index in [0.29, 0.717) is 24.5 Å². The van der Waals surface area contributed by atoms with Gasteiger partial charge in [0.05, 0.1) is 12.0 Å². The van der Waals surface area contributed by atoms with Crippen LogP contribution in [0.1, 0.15) is 24.8 Å². The van der Waals surface area contributed by atoms with Gasteiger partial charge in [-0.25, -0.2) is 18.7 Å². The van der Waals surface area contributed by atoms with Crippen LogP contribution in [0.4, 0.5) is 4.79 Å². The van der Waals surface area contributed by atoms with Crippen LogP contribution in [-0.2, 0) is 21.4 Å². The molecule has 0 bridgehead atoms. The summed E-state index contributed by atoms with van der Waals surface area (Å²) in [7, 11) is -2.06. The van der Waals surface area contributed by atoms with E-state index in [4.69, 9.17) is 0 Å². The third kappa shape index (κ3) is 4.19. The zero-order valence-corrected chi connectivity index (χ0v) is 13.4. The lowest BCUT2D eigenvalue weighted by Crippen LogP contribution is -2.35. The monoisotopic (exact) mass is 327 g/mol. The Labute approximate surface area is 130 Å². The zero-order valence-electron chi connectivity index (χ0n) is 12.5. The number of hydrogen-bond acceptors (Lipinski definition) is 4. The van der Waals surface area contributed by atoms with Crippen molar-refractivity contribution in [2.24, 2.45) is 0 Å². The van der Waals surface area contributed by atoms with Crippen molar-refractivity contribution < 1.29 is 18.0 Å². The third-order valence-electron chi connectivity index (χ3n) is 3.52. The second-order valence-corrected chi connectivity index (χ2v) is 7.04. The Morgan fingerprint density at radius 2 is 1.82 bits per heavy atom. The van der Waals surface area contributed by atoms with Gasteiger partial charge in [0.2, 0.25) is 10.0 Å². The summed E-state index contributed by atoms with van der Waals surface area (Å²) in [5.41, 5.74) is 2.95. The number of carbonyl (C=O) groups excluding carboxylic acids is 1. The van der Waals surface area contributed by atoms with E-state index in [-0.39, 0.29) is 0 Å². The number of piperidine rings is 1. The fourth-order valence-electron chi connectivity index (χ4n) is 2.34. The van der Waals surface area contributed by atoms with E-state index in [9.17, 15) is 13.2 Å². The molecule has 0 unspecified atom stereocenters. The summed E-state index contributed by atoms with van der Waals surface area (Å²) in [4.78, 5) is 16.0. The highest BCUT2D eigenvalue weighted by Gasteiger charge is 2.25. The smallest absolute Gasteiger partial charge is 0.332 e. The lowest BCUT2D eigenvalue weighted by molar-refractivity contribution is 0.107. The topological polar surface area (TPSA) is 87.7 Å². The van der Waals surface area contributed by atoms with E-state index in [1.807, 2.05) is 0 Å². The molecule has 0 spiro atoms. The largest absolute Gasteiger partial charge is 0.338 e. The lowest BCUT2D eigenvalue weighted by Gasteiger charge is -2.25. The first kappa shape index (κ1) is 16.7. The normalized spacial score (nSPS) is 16.2. The van der Waals surface area contributed by atoms with Crippen LogP contribution in [0.2, 0.25) is 0 Å². The lowest BCUT2D eigenvalue weighted by atomic mass is 10.2. The molecule has 0 radical (unpaired) electrons. The number of nitrogens with one attached hydrogen (secondary N) is 2. The van der Waals surface area contributed by atoms with Gasteiger partial charge in [-0.3, -0.25) is 4.84 Å². The Morgan fingerprint density at radius 1 is 1.18 bits per heavy atom. The van der Waals surface area contributed by atoms with Gasteiger partial charge in [0.15, 0.2) is 0 Å². The molecule has 1 aliphatic rings. The van der Waals surface area contributed by atoms with E-state index in [0.717, 1.165) is 24.8 Å². The van der Waals surface area contributed by atoms with Gasteiger partial charge in [-0.1, -0.05) is 18.6 Å². The van der Waals surface area contributed by atoms with Gasteiger partial charge in [-0.2, -0.15) is 4.31 Å². The Hall–Kier alpha value is -1.64. The van der Waals surface area contributed by atoms with E-state index in [1.165, 1.54) is 11.4 Å². The van der Waals surface area contributed by atoms with E-state index in [1.54, 1.807) is 24.3 Å². The number of urea groups is 1. The van der Waals surface area contributed by atoms with Crippen molar-refractivity contribution in [3.8, 4) is 0 Å². The van der Waals surface area contributed by atoms with E-state index < -0.39 is 16.1 Å². The standard InChI is InChI=1S/C14H21N3O4S/c1-21-16-14(18)15-11-12-5-7-13(8-6-12)22(19,20)17-9-3-2-4-10-17/h5-8H,2-4,9-11H2,1H3,(H2,15,16,18). The molecule has 0 aromatic heterocycles. The van der Waals surface area contributed by atoms with Crippen LogP contribution in [0, 0.1) is 0 Å². The summed E-state index contributed by atoms with van der Waals surface area (Å²) >= 11 is 0. The SMILES string of the molecule is CONC(=O)NCc1ccc(S(=O)(=O)N2CCCCC2)cc1. The summed E-state index contributed by atoms with van der Waals surface area (Å²) < 4.78 is 26.5. The number of hydrogen-bond donors (Lipinski definition) is 2. The first-order valence-electron chi connectivity index (χ1n) is 7.20. The first-order valence-corrected chi connectivity index (χ1v) is 8.64. The highest BCUT2D eigenvalue weighted by molar-refractivity contribution is 7.89. The van der Waals surface area contributed by atoms with Crippen LogP contribution < -0.4 is 10.8 Å². The van der Waals surface area contributed by atoms with Crippen LogP contribution in [0.25, 0.3) is 0 Å². The number of carbonyl (C=O) groups is 1. The van der Waals surface area contributed by atoms with Gasteiger partial charge >= 0.3 is 6.03 Å². The summed E-state index contributed by atoms with van der Waals surface area (Å²) in [6.07, 6.45) is 2.91. The fourth-order valence-corrected chi connectivity index (χ4v) is 3.86.